The van der Waals surface area contributed by atoms with Gasteiger partial charge in [-0.15, -0.1) is 0 Å². The first-order valence-corrected chi connectivity index (χ1v) is 11.8. The van der Waals surface area contributed by atoms with E-state index in [-0.39, 0.29) is 5.91 Å². The summed E-state index contributed by atoms with van der Waals surface area (Å²) in [7, 11) is 1.64. The molecule has 0 fully saturated rings. The molecule has 0 saturated heterocycles. The van der Waals surface area contributed by atoms with Crippen LogP contribution in [0.5, 0.6) is 5.75 Å². The Hall–Kier alpha value is -4.03. The molecule has 5 nitrogen and oxygen atoms in total. The van der Waals surface area contributed by atoms with Crippen LogP contribution in [0.1, 0.15) is 27.2 Å². The molecular weight excluding hydrogens is 442 g/mol. The molecule has 34 heavy (non-hydrogen) atoms. The molecule has 0 spiro atoms. The Bertz CT molecular complexity index is 1400. The minimum atomic E-state index is -0.108. The maximum absolute atomic E-state index is 13.7. The van der Waals surface area contributed by atoms with Crippen LogP contribution in [0, 0.1) is 0 Å². The number of ether oxygens (including phenoxy) is 1. The molecule has 0 aliphatic rings. The Balaban J connectivity index is 1.45. The van der Waals surface area contributed by atoms with Crippen molar-refractivity contribution in [2.45, 2.75) is 13.0 Å². The molecule has 5 aromatic rings. The van der Waals surface area contributed by atoms with Crippen molar-refractivity contribution in [1.82, 2.24) is 9.97 Å². The lowest BCUT2D eigenvalue weighted by Gasteiger charge is -2.20. The summed E-state index contributed by atoms with van der Waals surface area (Å²) in [6, 6.07) is 29.6. The standard InChI is InChI=1S/C28H23N3O2S/c1-33-24-14-15-25-26(18-24)34-28(30-25)31(19-23-9-5-6-16-29-23)27(32)22-12-10-21(11-13-22)17-20-7-3-2-4-8-20/h2-16,18H,17,19H2,1H3. The number of fused-ring (bicyclic) bond motifs is 1. The minimum Gasteiger partial charge on any atom is -0.497 e. The lowest BCUT2D eigenvalue weighted by atomic mass is 10.0. The van der Waals surface area contributed by atoms with Crippen molar-refractivity contribution in [3.63, 3.8) is 0 Å². The normalized spacial score (nSPS) is 10.9. The van der Waals surface area contributed by atoms with Crippen LogP contribution >= 0.6 is 11.3 Å². The molecule has 0 bridgehead atoms. The number of pyridine rings is 1. The predicted molar refractivity (Wildman–Crippen MR) is 137 cm³/mol. The summed E-state index contributed by atoms with van der Waals surface area (Å²) in [6.45, 7) is 0.336. The van der Waals surface area contributed by atoms with E-state index in [0.29, 0.717) is 17.2 Å². The van der Waals surface area contributed by atoms with Crippen LogP contribution in [0.4, 0.5) is 5.13 Å². The number of thiazole rings is 1. The first-order chi connectivity index (χ1) is 16.7. The summed E-state index contributed by atoms with van der Waals surface area (Å²) in [5.41, 5.74) is 4.64. The topological polar surface area (TPSA) is 55.3 Å². The van der Waals surface area contributed by atoms with Gasteiger partial charge in [0.15, 0.2) is 5.13 Å². The van der Waals surface area contributed by atoms with Gasteiger partial charge in [0.1, 0.15) is 5.75 Å². The van der Waals surface area contributed by atoms with E-state index in [1.807, 2.05) is 78.9 Å². The molecule has 0 atom stereocenters. The van der Waals surface area contributed by atoms with Crippen molar-refractivity contribution in [2.24, 2.45) is 0 Å². The van der Waals surface area contributed by atoms with Crippen LogP contribution in [-0.2, 0) is 13.0 Å². The number of carbonyl (C=O) groups is 1. The molecule has 3 aromatic carbocycles. The highest BCUT2D eigenvalue weighted by molar-refractivity contribution is 7.22. The molecule has 0 saturated carbocycles. The Morgan fingerprint density at radius 3 is 2.41 bits per heavy atom. The minimum absolute atomic E-state index is 0.108. The van der Waals surface area contributed by atoms with Crippen LogP contribution in [0.15, 0.2) is 97.2 Å². The summed E-state index contributed by atoms with van der Waals surface area (Å²) >= 11 is 1.47. The highest BCUT2D eigenvalue weighted by Crippen LogP contribution is 2.33. The third-order valence-corrected chi connectivity index (χ3v) is 6.60. The monoisotopic (exact) mass is 465 g/mol. The maximum atomic E-state index is 13.7. The number of hydrogen-bond acceptors (Lipinski definition) is 5. The van der Waals surface area contributed by atoms with Gasteiger partial charge in [0.25, 0.3) is 5.91 Å². The lowest BCUT2D eigenvalue weighted by molar-refractivity contribution is 0.0985. The van der Waals surface area contributed by atoms with E-state index in [2.05, 4.69) is 17.1 Å². The fourth-order valence-electron chi connectivity index (χ4n) is 3.77. The number of rotatable bonds is 7. The summed E-state index contributed by atoms with van der Waals surface area (Å²) < 4.78 is 6.31. The highest BCUT2D eigenvalue weighted by Gasteiger charge is 2.22. The number of hydrogen-bond donors (Lipinski definition) is 0. The first-order valence-electron chi connectivity index (χ1n) is 11.0. The molecule has 0 aliphatic carbocycles. The van der Waals surface area contributed by atoms with Gasteiger partial charge < -0.3 is 4.74 Å². The van der Waals surface area contributed by atoms with E-state index in [9.17, 15) is 4.79 Å². The highest BCUT2D eigenvalue weighted by atomic mass is 32.1. The SMILES string of the molecule is COc1ccc2nc(N(Cc3ccccn3)C(=O)c3ccc(Cc4ccccc4)cc3)sc2c1. The van der Waals surface area contributed by atoms with Crippen molar-refractivity contribution in [1.29, 1.82) is 0 Å². The van der Waals surface area contributed by atoms with Gasteiger partial charge in [-0.3, -0.25) is 14.7 Å². The Labute approximate surface area is 202 Å². The largest absolute Gasteiger partial charge is 0.497 e. The molecule has 0 N–H and O–H groups in total. The molecule has 0 radical (unpaired) electrons. The van der Waals surface area contributed by atoms with Gasteiger partial charge >= 0.3 is 0 Å². The fourth-order valence-corrected chi connectivity index (χ4v) is 4.76. The van der Waals surface area contributed by atoms with Crippen LogP contribution in [0.3, 0.4) is 0 Å². The van der Waals surface area contributed by atoms with Gasteiger partial charge in [-0.05, 0) is 60.0 Å². The van der Waals surface area contributed by atoms with Crippen LogP contribution in [-0.4, -0.2) is 23.0 Å². The molecule has 5 rings (SSSR count). The number of carbonyl (C=O) groups excluding carboxylic acids is 1. The molecule has 2 aromatic heterocycles. The Morgan fingerprint density at radius 2 is 1.68 bits per heavy atom. The van der Waals surface area contributed by atoms with Crippen molar-refractivity contribution in [2.75, 3.05) is 12.0 Å². The van der Waals surface area contributed by atoms with Gasteiger partial charge in [0.2, 0.25) is 0 Å². The second-order valence-electron chi connectivity index (χ2n) is 7.90. The number of nitrogens with zero attached hydrogens (tertiary/aromatic N) is 3. The molecule has 0 unspecified atom stereocenters. The predicted octanol–water partition coefficient (Wildman–Crippen LogP) is 6.14. The summed E-state index contributed by atoms with van der Waals surface area (Å²) in [6.07, 6.45) is 2.56. The lowest BCUT2D eigenvalue weighted by Crippen LogP contribution is -2.30. The van der Waals surface area contributed by atoms with Gasteiger partial charge in [-0.1, -0.05) is 59.9 Å². The van der Waals surface area contributed by atoms with Crippen molar-refractivity contribution >= 4 is 32.6 Å². The third-order valence-electron chi connectivity index (χ3n) is 5.56. The molecule has 168 valence electrons. The van der Waals surface area contributed by atoms with Gasteiger partial charge in [0, 0.05) is 11.8 Å². The van der Waals surface area contributed by atoms with E-state index < -0.39 is 0 Å². The molecule has 6 heteroatoms. The number of anilines is 1. The second-order valence-corrected chi connectivity index (χ2v) is 8.91. The Kier molecular flexibility index (Phi) is 6.31. The van der Waals surface area contributed by atoms with Crippen LogP contribution < -0.4 is 9.64 Å². The van der Waals surface area contributed by atoms with Crippen molar-refractivity contribution in [3.05, 3.63) is 120 Å². The van der Waals surface area contributed by atoms with E-state index in [1.54, 1.807) is 18.2 Å². The third kappa shape index (κ3) is 4.82. The quantitative estimate of drug-likeness (QED) is 0.290. The second kappa shape index (κ2) is 9.85. The van der Waals surface area contributed by atoms with E-state index >= 15 is 0 Å². The summed E-state index contributed by atoms with van der Waals surface area (Å²) in [5, 5.41) is 0.632. The number of benzene rings is 3. The molecule has 1 amide bonds. The zero-order chi connectivity index (χ0) is 23.3. The number of amides is 1. The average molecular weight is 466 g/mol. The van der Waals surface area contributed by atoms with Gasteiger partial charge in [0.05, 0.1) is 29.6 Å². The van der Waals surface area contributed by atoms with E-state index in [1.165, 1.54) is 16.9 Å². The van der Waals surface area contributed by atoms with Crippen LogP contribution in [0.25, 0.3) is 10.2 Å². The maximum Gasteiger partial charge on any atom is 0.260 e. The Morgan fingerprint density at radius 1 is 0.912 bits per heavy atom. The van der Waals surface area contributed by atoms with Gasteiger partial charge in [-0.2, -0.15) is 0 Å². The zero-order valence-corrected chi connectivity index (χ0v) is 19.5. The number of methoxy groups -OCH3 is 1. The van der Waals surface area contributed by atoms with E-state index in [0.717, 1.165) is 33.6 Å². The molecular formula is C28H23N3O2S. The van der Waals surface area contributed by atoms with E-state index in [4.69, 9.17) is 9.72 Å². The molecule has 0 aliphatic heterocycles. The van der Waals surface area contributed by atoms with Crippen molar-refractivity contribution in [3.8, 4) is 5.75 Å². The fraction of sp³-hybridized carbons (Fsp3) is 0.107. The first kappa shape index (κ1) is 21.8. The van der Waals surface area contributed by atoms with Gasteiger partial charge in [-0.25, -0.2) is 4.98 Å². The zero-order valence-electron chi connectivity index (χ0n) is 18.7. The number of aromatic nitrogens is 2. The summed E-state index contributed by atoms with van der Waals surface area (Å²) in [5.74, 6) is 0.655. The smallest absolute Gasteiger partial charge is 0.260 e. The van der Waals surface area contributed by atoms with Crippen molar-refractivity contribution < 1.29 is 9.53 Å². The molecule has 2 heterocycles. The summed E-state index contributed by atoms with van der Waals surface area (Å²) in [4.78, 5) is 24.5. The average Bonchev–Trinajstić information content (AvgIpc) is 3.31. The van der Waals surface area contributed by atoms with Crippen LogP contribution in [0.2, 0.25) is 0 Å².